The molecule has 0 radical (unpaired) electrons. The fourth-order valence-electron chi connectivity index (χ4n) is 2.35. The highest BCUT2D eigenvalue weighted by Gasteiger charge is 2.21. The SMILES string of the molecule is CCOCCC(=O)N1CCN(c2ccncc2N)CC1. The number of nitrogen functional groups attached to an aromatic ring is 1. The summed E-state index contributed by atoms with van der Waals surface area (Å²) >= 11 is 0. The number of anilines is 2. The second-order valence-corrected chi connectivity index (χ2v) is 4.75. The molecule has 0 bridgehead atoms. The number of nitrogens with two attached hydrogens (primary N) is 1. The number of carbonyl (C=O) groups is 1. The van der Waals surface area contributed by atoms with Gasteiger partial charge in [0.2, 0.25) is 5.91 Å². The van der Waals surface area contributed by atoms with E-state index in [2.05, 4.69) is 9.88 Å². The zero-order valence-electron chi connectivity index (χ0n) is 11.9. The smallest absolute Gasteiger partial charge is 0.225 e. The van der Waals surface area contributed by atoms with Crippen LogP contribution >= 0.6 is 0 Å². The van der Waals surface area contributed by atoms with Gasteiger partial charge >= 0.3 is 0 Å². The van der Waals surface area contributed by atoms with Crippen LogP contribution in [0.4, 0.5) is 11.4 Å². The molecule has 2 rings (SSSR count). The highest BCUT2D eigenvalue weighted by atomic mass is 16.5. The normalized spacial score (nSPS) is 15.4. The third kappa shape index (κ3) is 3.60. The zero-order chi connectivity index (χ0) is 14.4. The first kappa shape index (κ1) is 14.6. The minimum absolute atomic E-state index is 0.167. The van der Waals surface area contributed by atoms with Gasteiger partial charge in [-0.25, -0.2) is 0 Å². The molecule has 0 saturated carbocycles. The number of pyridine rings is 1. The van der Waals surface area contributed by atoms with Gasteiger partial charge in [-0.2, -0.15) is 0 Å². The monoisotopic (exact) mass is 278 g/mol. The molecule has 2 heterocycles. The predicted octanol–water partition coefficient (Wildman–Crippen LogP) is 0.739. The fourth-order valence-corrected chi connectivity index (χ4v) is 2.35. The largest absolute Gasteiger partial charge is 0.396 e. The van der Waals surface area contributed by atoms with Crippen LogP contribution < -0.4 is 10.6 Å². The van der Waals surface area contributed by atoms with E-state index in [-0.39, 0.29) is 5.91 Å². The van der Waals surface area contributed by atoms with E-state index in [0.29, 0.717) is 25.3 Å². The van der Waals surface area contributed by atoms with E-state index in [1.54, 1.807) is 12.4 Å². The van der Waals surface area contributed by atoms with E-state index in [4.69, 9.17) is 10.5 Å². The van der Waals surface area contributed by atoms with Crippen molar-refractivity contribution in [1.82, 2.24) is 9.88 Å². The van der Waals surface area contributed by atoms with Crippen molar-refractivity contribution in [3.63, 3.8) is 0 Å². The summed E-state index contributed by atoms with van der Waals surface area (Å²) in [6.45, 7) is 6.15. The molecule has 1 saturated heterocycles. The number of hydrogen-bond donors (Lipinski definition) is 1. The molecule has 1 amide bonds. The third-order valence-electron chi connectivity index (χ3n) is 3.47. The first-order valence-electron chi connectivity index (χ1n) is 7.02. The van der Waals surface area contributed by atoms with E-state index >= 15 is 0 Å². The van der Waals surface area contributed by atoms with Gasteiger partial charge in [-0.15, -0.1) is 0 Å². The van der Waals surface area contributed by atoms with E-state index in [1.807, 2.05) is 17.9 Å². The molecule has 0 spiro atoms. The Balaban J connectivity index is 1.83. The lowest BCUT2D eigenvalue weighted by Crippen LogP contribution is -2.49. The van der Waals surface area contributed by atoms with Crippen LogP contribution in [-0.4, -0.2) is 55.2 Å². The van der Waals surface area contributed by atoms with Gasteiger partial charge in [0.25, 0.3) is 0 Å². The van der Waals surface area contributed by atoms with Crippen LogP contribution in [0, 0.1) is 0 Å². The number of rotatable bonds is 5. The average Bonchev–Trinajstić information content (AvgIpc) is 2.48. The number of ether oxygens (including phenoxy) is 1. The molecule has 0 aromatic carbocycles. The summed E-state index contributed by atoms with van der Waals surface area (Å²) in [5, 5.41) is 0. The lowest BCUT2D eigenvalue weighted by atomic mass is 10.2. The van der Waals surface area contributed by atoms with Crippen molar-refractivity contribution >= 4 is 17.3 Å². The van der Waals surface area contributed by atoms with Crippen molar-refractivity contribution in [2.45, 2.75) is 13.3 Å². The van der Waals surface area contributed by atoms with Gasteiger partial charge in [-0.05, 0) is 13.0 Å². The average molecular weight is 278 g/mol. The molecule has 6 nitrogen and oxygen atoms in total. The first-order chi connectivity index (χ1) is 9.72. The maximum absolute atomic E-state index is 12.0. The molecule has 2 N–H and O–H groups in total. The first-order valence-corrected chi connectivity index (χ1v) is 7.02. The Kier molecular flexibility index (Phi) is 5.17. The van der Waals surface area contributed by atoms with E-state index in [9.17, 15) is 4.79 Å². The number of hydrogen-bond acceptors (Lipinski definition) is 5. The highest BCUT2D eigenvalue weighted by Crippen LogP contribution is 2.22. The summed E-state index contributed by atoms with van der Waals surface area (Å²) in [5.41, 5.74) is 7.61. The van der Waals surface area contributed by atoms with Gasteiger partial charge in [0.15, 0.2) is 0 Å². The van der Waals surface area contributed by atoms with Crippen LogP contribution in [0.3, 0.4) is 0 Å². The number of amides is 1. The minimum atomic E-state index is 0.167. The Hall–Kier alpha value is -1.82. The molecule has 0 atom stereocenters. The maximum atomic E-state index is 12.0. The van der Waals surface area contributed by atoms with Crippen molar-refractivity contribution in [1.29, 1.82) is 0 Å². The standard InChI is InChI=1S/C14H22N4O2/c1-2-20-10-4-14(19)18-8-6-17(7-9-18)13-3-5-16-11-12(13)15/h3,5,11H,2,4,6-10,15H2,1H3. The summed E-state index contributed by atoms with van der Waals surface area (Å²) in [6.07, 6.45) is 3.87. The van der Waals surface area contributed by atoms with Gasteiger partial charge in [0.1, 0.15) is 0 Å². The van der Waals surface area contributed by atoms with Gasteiger partial charge < -0.3 is 20.3 Å². The van der Waals surface area contributed by atoms with Crippen LogP contribution in [0.5, 0.6) is 0 Å². The Bertz CT molecular complexity index is 445. The Labute approximate surface area is 119 Å². The minimum Gasteiger partial charge on any atom is -0.396 e. The number of carbonyl (C=O) groups excluding carboxylic acids is 1. The third-order valence-corrected chi connectivity index (χ3v) is 3.47. The number of piperazine rings is 1. The Morgan fingerprint density at radius 1 is 1.40 bits per heavy atom. The van der Waals surface area contributed by atoms with E-state index < -0.39 is 0 Å². The lowest BCUT2D eigenvalue weighted by molar-refractivity contribution is -0.132. The van der Waals surface area contributed by atoms with Crippen LogP contribution in [0.1, 0.15) is 13.3 Å². The molecule has 0 unspecified atom stereocenters. The van der Waals surface area contributed by atoms with Crippen molar-refractivity contribution in [2.24, 2.45) is 0 Å². The van der Waals surface area contributed by atoms with Gasteiger partial charge in [0, 0.05) is 39.0 Å². The fraction of sp³-hybridized carbons (Fsp3) is 0.571. The number of nitrogens with zero attached hydrogens (tertiary/aromatic N) is 3. The summed E-state index contributed by atoms with van der Waals surface area (Å²) in [7, 11) is 0. The predicted molar refractivity (Wildman–Crippen MR) is 78.6 cm³/mol. The van der Waals surface area contributed by atoms with Crippen molar-refractivity contribution in [2.75, 3.05) is 50.0 Å². The second-order valence-electron chi connectivity index (χ2n) is 4.75. The van der Waals surface area contributed by atoms with E-state index in [0.717, 1.165) is 31.9 Å². The summed E-state index contributed by atoms with van der Waals surface area (Å²) in [4.78, 5) is 20.1. The Morgan fingerprint density at radius 2 is 2.15 bits per heavy atom. The zero-order valence-corrected chi connectivity index (χ0v) is 11.9. The molecule has 6 heteroatoms. The quantitative estimate of drug-likeness (QED) is 0.804. The van der Waals surface area contributed by atoms with Crippen LogP contribution in [0.2, 0.25) is 0 Å². The topological polar surface area (TPSA) is 71.7 Å². The maximum Gasteiger partial charge on any atom is 0.225 e. The molecule has 20 heavy (non-hydrogen) atoms. The Morgan fingerprint density at radius 3 is 2.80 bits per heavy atom. The molecule has 0 aliphatic carbocycles. The molecule has 1 fully saturated rings. The van der Waals surface area contributed by atoms with Crippen molar-refractivity contribution in [3.8, 4) is 0 Å². The molecular formula is C14H22N4O2. The molecule has 110 valence electrons. The summed E-state index contributed by atoms with van der Waals surface area (Å²) < 4.78 is 5.22. The van der Waals surface area contributed by atoms with E-state index in [1.165, 1.54) is 0 Å². The molecule has 1 aromatic rings. The van der Waals surface area contributed by atoms with Crippen LogP contribution in [-0.2, 0) is 9.53 Å². The van der Waals surface area contributed by atoms with Gasteiger partial charge in [-0.1, -0.05) is 0 Å². The summed E-state index contributed by atoms with van der Waals surface area (Å²) in [6, 6.07) is 1.92. The van der Waals surface area contributed by atoms with Gasteiger partial charge in [-0.3, -0.25) is 9.78 Å². The number of aromatic nitrogens is 1. The highest BCUT2D eigenvalue weighted by molar-refractivity contribution is 5.77. The van der Waals surface area contributed by atoms with Crippen molar-refractivity contribution < 1.29 is 9.53 Å². The van der Waals surface area contributed by atoms with Crippen LogP contribution in [0.15, 0.2) is 18.5 Å². The van der Waals surface area contributed by atoms with Crippen LogP contribution in [0.25, 0.3) is 0 Å². The molecule has 1 aromatic heterocycles. The molecule has 1 aliphatic heterocycles. The summed E-state index contributed by atoms with van der Waals surface area (Å²) in [5.74, 6) is 0.167. The van der Waals surface area contributed by atoms with Gasteiger partial charge in [0.05, 0.1) is 30.6 Å². The lowest BCUT2D eigenvalue weighted by Gasteiger charge is -2.36. The van der Waals surface area contributed by atoms with Crippen molar-refractivity contribution in [3.05, 3.63) is 18.5 Å². The molecular weight excluding hydrogens is 256 g/mol. The molecule has 1 aliphatic rings. The second kappa shape index (κ2) is 7.09.